The minimum atomic E-state index is 0.308. The normalized spacial score (nSPS) is 10.6. The minimum absolute atomic E-state index is 0.308. The van der Waals surface area contributed by atoms with Crippen molar-refractivity contribution in [2.24, 2.45) is 0 Å². The van der Waals surface area contributed by atoms with Gasteiger partial charge in [-0.2, -0.15) is 0 Å². The van der Waals surface area contributed by atoms with Crippen LogP contribution in [0.2, 0.25) is 0 Å². The number of rotatable bonds is 7. The molecule has 0 spiro atoms. The van der Waals surface area contributed by atoms with Gasteiger partial charge in [-0.15, -0.1) is 0 Å². The first-order valence-electron chi connectivity index (χ1n) is 5.48. The van der Waals surface area contributed by atoms with Crippen LogP contribution in [0.15, 0.2) is 0 Å². The lowest BCUT2D eigenvalue weighted by atomic mass is 10.2. The first kappa shape index (κ1) is 13.9. The molecule has 0 saturated heterocycles. The van der Waals surface area contributed by atoms with Gasteiger partial charge in [-0.3, -0.25) is 4.79 Å². The van der Waals surface area contributed by atoms with E-state index < -0.39 is 0 Å². The Morgan fingerprint density at radius 2 is 2.00 bits per heavy atom. The van der Waals surface area contributed by atoms with E-state index in [2.05, 4.69) is 36.7 Å². The van der Waals surface area contributed by atoms with E-state index in [0.29, 0.717) is 18.4 Å². The summed E-state index contributed by atoms with van der Waals surface area (Å²) in [6.07, 6.45) is 3.83. The number of carbonyl (C=O) groups excluding carboxylic acids is 1. The van der Waals surface area contributed by atoms with E-state index in [1.807, 2.05) is 4.90 Å². The number of hydrogen-bond donors (Lipinski definition) is 0. The Balaban J connectivity index is 3.89. The quantitative estimate of drug-likeness (QED) is 0.511. The molecule has 0 aliphatic rings. The van der Waals surface area contributed by atoms with Gasteiger partial charge in [0.2, 0.25) is 5.91 Å². The second-order valence-corrected chi connectivity index (χ2v) is 4.62. The summed E-state index contributed by atoms with van der Waals surface area (Å²) < 4.78 is 0. The average molecular weight is 264 g/mol. The van der Waals surface area contributed by atoms with Crippen LogP contribution in [0.1, 0.15) is 46.5 Å². The Labute approximate surface area is 96.2 Å². The van der Waals surface area contributed by atoms with Crippen LogP contribution in [0.5, 0.6) is 0 Å². The van der Waals surface area contributed by atoms with Crippen LogP contribution in [0.4, 0.5) is 0 Å². The van der Waals surface area contributed by atoms with Crippen LogP contribution < -0.4 is 0 Å². The molecule has 0 atom stereocenters. The van der Waals surface area contributed by atoms with Gasteiger partial charge < -0.3 is 4.90 Å². The van der Waals surface area contributed by atoms with Crippen molar-refractivity contribution in [3.63, 3.8) is 0 Å². The van der Waals surface area contributed by atoms with Crippen molar-refractivity contribution in [1.82, 2.24) is 4.90 Å². The van der Waals surface area contributed by atoms with Gasteiger partial charge in [0.1, 0.15) is 0 Å². The average Bonchev–Trinajstić information content (AvgIpc) is 2.13. The summed E-state index contributed by atoms with van der Waals surface area (Å²) in [5.41, 5.74) is 0. The number of alkyl halides is 1. The molecule has 0 heterocycles. The number of amides is 1. The predicted octanol–water partition coefficient (Wildman–Crippen LogP) is 3.20. The second kappa shape index (κ2) is 8.27. The summed E-state index contributed by atoms with van der Waals surface area (Å²) in [4.78, 5) is 13.7. The third-order valence-corrected chi connectivity index (χ3v) is 2.74. The van der Waals surface area contributed by atoms with Crippen molar-refractivity contribution in [3.05, 3.63) is 0 Å². The number of carbonyl (C=O) groups is 1. The first-order valence-corrected chi connectivity index (χ1v) is 6.61. The van der Waals surface area contributed by atoms with E-state index in [1.54, 1.807) is 0 Å². The van der Waals surface area contributed by atoms with Crippen molar-refractivity contribution in [1.29, 1.82) is 0 Å². The molecule has 0 radical (unpaired) electrons. The van der Waals surface area contributed by atoms with Gasteiger partial charge in [0, 0.05) is 24.3 Å². The Morgan fingerprint density at radius 3 is 2.43 bits per heavy atom. The van der Waals surface area contributed by atoms with Gasteiger partial charge in [-0.05, 0) is 33.1 Å². The van der Waals surface area contributed by atoms with E-state index in [4.69, 9.17) is 0 Å². The molecule has 84 valence electrons. The van der Waals surface area contributed by atoms with Gasteiger partial charge >= 0.3 is 0 Å². The van der Waals surface area contributed by atoms with Crippen molar-refractivity contribution < 1.29 is 4.79 Å². The topological polar surface area (TPSA) is 20.3 Å². The maximum Gasteiger partial charge on any atom is 0.222 e. The van der Waals surface area contributed by atoms with Gasteiger partial charge in [0.05, 0.1) is 0 Å². The summed E-state index contributed by atoms with van der Waals surface area (Å²) >= 11 is 3.37. The molecule has 3 heteroatoms. The lowest BCUT2D eigenvalue weighted by Crippen LogP contribution is -2.37. The largest absolute Gasteiger partial charge is 0.340 e. The molecule has 0 bridgehead atoms. The molecular weight excluding hydrogens is 242 g/mol. The van der Waals surface area contributed by atoms with E-state index in [-0.39, 0.29) is 0 Å². The lowest BCUT2D eigenvalue weighted by molar-refractivity contribution is -0.133. The van der Waals surface area contributed by atoms with Crippen LogP contribution in [-0.2, 0) is 4.79 Å². The predicted molar refractivity (Wildman–Crippen MR) is 64.8 cm³/mol. The smallest absolute Gasteiger partial charge is 0.222 e. The van der Waals surface area contributed by atoms with Crippen molar-refractivity contribution in [2.45, 2.75) is 52.5 Å². The maximum atomic E-state index is 11.8. The summed E-state index contributed by atoms with van der Waals surface area (Å²) in [6.45, 7) is 7.17. The van der Waals surface area contributed by atoms with E-state index in [1.165, 1.54) is 0 Å². The molecule has 0 saturated carbocycles. The zero-order chi connectivity index (χ0) is 11.0. The monoisotopic (exact) mass is 263 g/mol. The highest BCUT2D eigenvalue weighted by Crippen LogP contribution is 2.07. The van der Waals surface area contributed by atoms with Gasteiger partial charge in [-0.1, -0.05) is 22.9 Å². The minimum Gasteiger partial charge on any atom is -0.340 e. The molecule has 0 fully saturated rings. The first-order chi connectivity index (χ1) is 6.63. The second-order valence-electron chi connectivity index (χ2n) is 3.83. The van der Waals surface area contributed by atoms with Gasteiger partial charge in [-0.25, -0.2) is 0 Å². The molecule has 0 aliphatic carbocycles. The molecule has 0 unspecified atom stereocenters. The molecule has 2 nitrogen and oxygen atoms in total. The number of unbranched alkanes of at least 4 members (excludes halogenated alkanes) is 1. The Morgan fingerprint density at radius 1 is 1.36 bits per heavy atom. The Bertz CT molecular complexity index is 159. The van der Waals surface area contributed by atoms with Gasteiger partial charge in [0.25, 0.3) is 0 Å². The highest BCUT2D eigenvalue weighted by molar-refractivity contribution is 9.09. The van der Waals surface area contributed by atoms with Crippen molar-refractivity contribution in [2.75, 3.05) is 11.9 Å². The Kier molecular flexibility index (Phi) is 8.24. The SMILES string of the molecule is CCCN(C(=O)CCCCBr)C(C)C. The molecule has 14 heavy (non-hydrogen) atoms. The number of halogens is 1. The maximum absolute atomic E-state index is 11.8. The Hall–Kier alpha value is -0.0500. The van der Waals surface area contributed by atoms with Crippen molar-refractivity contribution in [3.8, 4) is 0 Å². The molecule has 0 aliphatic heterocycles. The molecule has 1 amide bonds. The van der Waals surface area contributed by atoms with E-state index in [0.717, 1.165) is 31.1 Å². The molecule has 0 aromatic heterocycles. The summed E-state index contributed by atoms with van der Waals surface area (Å²) in [5.74, 6) is 0.308. The lowest BCUT2D eigenvalue weighted by Gasteiger charge is -2.26. The summed E-state index contributed by atoms with van der Waals surface area (Å²) in [5, 5.41) is 0.996. The van der Waals surface area contributed by atoms with Gasteiger partial charge in [0.15, 0.2) is 0 Å². The molecule has 0 rings (SSSR count). The van der Waals surface area contributed by atoms with E-state index in [9.17, 15) is 4.79 Å². The summed E-state index contributed by atoms with van der Waals surface area (Å²) in [7, 11) is 0. The van der Waals surface area contributed by atoms with Crippen LogP contribution >= 0.6 is 15.9 Å². The highest BCUT2D eigenvalue weighted by Gasteiger charge is 2.14. The van der Waals surface area contributed by atoms with Crippen molar-refractivity contribution >= 4 is 21.8 Å². The van der Waals surface area contributed by atoms with Crippen LogP contribution in [0.3, 0.4) is 0 Å². The fraction of sp³-hybridized carbons (Fsp3) is 0.909. The third-order valence-electron chi connectivity index (χ3n) is 2.18. The zero-order valence-electron chi connectivity index (χ0n) is 9.55. The molecule has 0 aromatic rings. The third kappa shape index (κ3) is 5.63. The fourth-order valence-electron chi connectivity index (χ4n) is 1.43. The highest BCUT2D eigenvalue weighted by atomic mass is 79.9. The molecular formula is C11H22BrNO. The van der Waals surface area contributed by atoms with Crippen LogP contribution in [0, 0.1) is 0 Å². The number of nitrogens with zero attached hydrogens (tertiary/aromatic N) is 1. The molecule has 0 N–H and O–H groups in total. The zero-order valence-corrected chi connectivity index (χ0v) is 11.1. The number of hydrogen-bond acceptors (Lipinski definition) is 1. The van der Waals surface area contributed by atoms with Crippen LogP contribution in [-0.4, -0.2) is 28.7 Å². The molecule has 0 aromatic carbocycles. The standard InChI is InChI=1S/C11H22BrNO/c1-4-9-13(10(2)3)11(14)7-5-6-8-12/h10H,4-9H2,1-3H3. The summed E-state index contributed by atoms with van der Waals surface area (Å²) in [6, 6.07) is 0.339. The van der Waals surface area contributed by atoms with Crippen LogP contribution in [0.25, 0.3) is 0 Å². The fourth-order valence-corrected chi connectivity index (χ4v) is 1.82. The van der Waals surface area contributed by atoms with E-state index >= 15 is 0 Å².